The van der Waals surface area contributed by atoms with Crippen LogP contribution in [0, 0.1) is 18.3 Å². The number of amides is 1. The topological polar surface area (TPSA) is 92.8 Å². The van der Waals surface area contributed by atoms with Crippen molar-refractivity contribution in [2.75, 3.05) is 12.4 Å². The number of carbonyl (C=O) groups excluding carboxylic acids is 1. The van der Waals surface area contributed by atoms with Crippen LogP contribution in [0.25, 0.3) is 10.9 Å². The molecule has 3 aromatic rings. The smallest absolute Gasteiger partial charge is 0.238 e. The van der Waals surface area contributed by atoms with Gasteiger partial charge >= 0.3 is 0 Å². The van der Waals surface area contributed by atoms with Crippen LogP contribution in [0.2, 0.25) is 0 Å². The van der Waals surface area contributed by atoms with Crippen molar-refractivity contribution in [3.8, 4) is 11.8 Å². The number of fused-ring (bicyclic) bond motifs is 1. The number of thioether (sulfide) groups is 1. The van der Waals surface area contributed by atoms with Crippen LogP contribution >= 0.6 is 11.8 Å². The number of nitrogens with zero attached hydrogens (tertiary/aromatic N) is 4. The van der Waals surface area contributed by atoms with Crippen molar-refractivity contribution < 1.29 is 9.53 Å². The molecule has 0 aliphatic carbocycles. The van der Waals surface area contributed by atoms with Crippen LogP contribution in [0.5, 0.6) is 5.75 Å². The molecule has 0 saturated heterocycles. The van der Waals surface area contributed by atoms with Crippen LogP contribution in [0.15, 0.2) is 35.5 Å². The number of ether oxygens (including phenoxy) is 1. The third-order valence-electron chi connectivity index (χ3n) is 4.17. The number of pyridine rings is 1. The van der Waals surface area contributed by atoms with Crippen molar-refractivity contribution in [1.29, 1.82) is 5.26 Å². The molecule has 0 aliphatic rings. The van der Waals surface area contributed by atoms with E-state index >= 15 is 0 Å². The largest absolute Gasteiger partial charge is 0.494 e. The van der Waals surface area contributed by atoms with Gasteiger partial charge in [0.05, 0.1) is 23.6 Å². The molecular weight excluding hydrogens is 362 g/mol. The van der Waals surface area contributed by atoms with Crippen LogP contribution in [0.1, 0.15) is 18.1 Å². The van der Waals surface area contributed by atoms with Gasteiger partial charge in [-0.15, -0.1) is 0 Å². The molecule has 0 fully saturated rings. The molecule has 7 nitrogen and oxygen atoms in total. The Morgan fingerprint density at radius 2 is 2.22 bits per heavy atom. The molecule has 2 aromatic heterocycles. The first-order valence-electron chi connectivity index (χ1n) is 8.28. The SMILES string of the molecule is COc1cccc2c(C)cc(SC(C)C(=O)Nc3c(C#N)cnn3C)nc12. The zero-order valence-electron chi connectivity index (χ0n) is 15.5. The van der Waals surface area contributed by atoms with Gasteiger partial charge in [-0.2, -0.15) is 10.4 Å². The molecule has 0 radical (unpaired) electrons. The Morgan fingerprint density at radius 3 is 2.93 bits per heavy atom. The second kappa shape index (κ2) is 7.68. The minimum Gasteiger partial charge on any atom is -0.494 e. The van der Waals surface area contributed by atoms with E-state index in [9.17, 15) is 4.79 Å². The average Bonchev–Trinajstić information content (AvgIpc) is 3.01. The molecule has 1 unspecified atom stereocenters. The number of para-hydroxylation sites is 1. The molecule has 2 heterocycles. The summed E-state index contributed by atoms with van der Waals surface area (Å²) in [5.41, 5.74) is 2.16. The van der Waals surface area contributed by atoms with Gasteiger partial charge in [-0.1, -0.05) is 23.9 Å². The Morgan fingerprint density at radius 1 is 1.44 bits per heavy atom. The molecule has 8 heteroatoms. The fraction of sp³-hybridized carbons (Fsp3) is 0.263. The van der Waals surface area contributed by atoms with Gasteiger partial charge in [0.15, 0.2) is 0 Å². The van der Waals surface area contributed by atoms with Crippen LogP contribution in [-0.2, 0) is 11.8 Å². The van der Waals surface area contributed by atoms with E-state index in [0.717, 1.165) is 21.5 Å². The Hall–Kier alpha value is -3.05. The second-order valence-corrected chi connectivity index (χ2v) is 7.39. The third kappa shape index (κ3) is 3.73. The summed E-state index contributed by atoms with van der Waals surface area (Å²) in [5.74, 6) is 0.864. The normalized spacial score (nSPS) is 11.8. The summed E-state index contributed by atoms with van der Waals surface area (Å²) in [6.45, 7) is 3.80. The molecule has 0 saturated carbocycles. The maximum absolute atomic E-state index is 12.6. The molecular formula is C19H19N5O2S. The quantitative estimate of drug-likeness (QED) is 0.682. The number of rotatable bonds is 5. The number of methoxy groups -OCH3 is 1. The minimum absolute atomic E-state index is 0.223. The van der Waals surface area contributed by atoms with Crippen molar-refractivity contribution in [3.63, 3.8) is 0 Å². The summed E-state index contributed by atoms with van der Waals surface area (Å²) in [5, 5.41) is 17.2. The number of aryl methyl sites for hydroxylation is 2. The Kier molecular flexibility index (Phi) is 5.33. The number of hydrogen-bond donors (Lipinski definition) is 1. The summed E-state index contributed by atoms with van der Waals surface area (Å²) in [4.78, 5) is 17.2. The van der Waals surface area contributed by atoms with Crippen molar-refractivity contribution >= 4 is 34.4 Å². The number of nitriles is 1. The lowest BCUT2D eigenvalue weighted by atomic mass is 10.1. The standard InChI is InChI=1S/C19H19N5O2S/c1-11-8-16(22-17-14(11)6-5-7-15(17)26-4)27-12(2)19(25)23-18-13(9-20)10-21-24(18)3/h5-8,10,12H,1-4H3,(H,23,25). The van der Waals surface area contributed by atoms with E-state index in [-0.39, 0.29) is 5.91 Å². The highest BCUT2D eigenvalue weighted by molar-refractivity contribution is 8.00. The van der Waals surface area contributed by atoms with Crippen LogP contribution < -0.4 is 10.1 Å². The van der Waals surface area contributed by atoms with Crippen molar-refractivity contribution in [2.24, 2.45) is 7.05 Å². The van der Waals surface area contributed by atoms with Crippen LogP contribution in [0.4, 0.5) is 5.82 Å². The molecule has 27 heavy (non-hydrogen) atoms. The van der Waals surface area contributed by atoms with E-state index in [4.69, 9.17) is 10.00 Å². The molecule has 1 aromatic carbocycles. The van der Waals surface area contributed by atoms with Gasteiger partial charge in [0.1, 0.15) is 28.7 Å². The van der Waals surface area contributed by atoms with Gasteiger partial charge in [-0.25, -0.2) is 4.98 Å². The highest BCUT2D eigenvalue weighted by atomic mass is 32.2. The van der Waals surface area contributed by atoms with Gasteiger partial charge in [0.2, 0.25) is 5.91 Å². The lowest BCUT2D eigenvalue weighted by Gasteiger charge is -2.14. The minimum atomic E-state index is -0.412. The summed E-state index contributed by atoms with van der Waals surface area (Å²) in [6.07, 6.45) is 1.42. The van der Waals surface area contributed by atoms with Gasteiger partial charge in [-0.3, -0.25) is 9.48 Å². The average molecular weight is 381 g/mol. The zero-order valence-corrected chi connectivity index (χ0v) is 16.3. The Balaban J connectivity index is 1.83. The predicted octanol–water partition coefficient (Wildman–Crippen LogP) is 3.28. The number of aromatic nitrogens is 3. The van der Waals surface area contributed by atoms with Gasteiger partial charge in [0.25, 0.3) is 0 Å². The first-order chi connectivity index (χ1) is 12.9. The van der Waals surface area contributed by atoms with Crippen molar-refractivity contribution in [3.05, 3.63) is 41.6 Å². The summed E-state index contributed by atoms with van der Waals surface area (Å²) >= 11 is 1.35. The van der Waals surface area contributed by atoms with Crippen LogP contribution in [-0.4, -0.2) is 33.0 Å². The molecule has 1 amide bonds. The predicted molar refractivity (Wildman–Crippen MR) is 105 cm³/mol. The maximum atomic E-state index is 12.6. The lowest BCUT2D eigenvalue weighted by Crippen LogP contribution is -2.24. The van der Waals surface area contributed by atoms with Crippen molar-refractivity contribution in [2.45, 2.75) is 24.1 Å². The monoisotopic (exact) mass is 381 g/mol. The summed E-state index contributed by atoms with van der Waals surface area (Å²) in [7, 11) is 3.29. The second-order valence-electron chi connectivity index (χ2n) is 6.03. The Bertz CT molecular complexity index is 1050. The maximum Gasteiger partial charge on any atom is 0.238 e. The van der Waals surface area contributed by atoms with Crippen LogP contribution in [0.3, 0.4) is 0 Å². The molecule has 1 atom stereocenters. The third-order valence-corrected chi connectivity index (χ3v) is 5.19. The first-order valence-corrected chi connectivity index (χ1v) is 9.16. The van der Waals surface area contributed by atoms with E-state index in [1.807, 2.05) is 37.3 Å². The summed E-state index contributed by atoms with van der Waals surface area (Å²) < 4.78 is 6.88. The number of benzene rings is 1. The van der Waals surface area contributed by atoms with Gasteiger partial charge < -0.3 is 10.1 Å². The summed E-state index contributed by atoms with van der Waals surface area (Å²) in [6, 6.07) is 9.77. The molecule has 3 rings (SSSR count). The first kappa shape index (κ1) is 18.7. The van der Waals surface area contributed by atoms with E-state index in [0.29, 0.717) is 17.1 Å². The zero-order chi connectivity index (χ0) is 19.6. The number of hydrogen-bond acceptors (Lipinski definition) is 6. The lowest BCUT2D eigenvalue weighted by molar-refractivity contribution is -0.115. The van der Waals surface area contributed by atoms with Crippen molar-refractivity contribution in [1.82, 2.24) is 14.8 Å². The number of anilines is 1. The fourth-order valence-corrected chi connectivity index (χ4v) is 3.62. The highest BCUT2D eigenvalue weighted by Gasteiger charge is 2.19. The molecule has 138 valence electrons. The van der Waals surface area contributed by atoms with Gasteiger partial charge in [0, 0.05) is 12.4 Å². The highest BCUT2D eigenvalue weighted by Crippen LogP contribution is 2.31. The molecule has 0 spiro atoms. The molecule has 0 bridgehead atoms. The van der Waals surface area contributed by atoms with Gasteiger partial charge in [-0.05, 0) is 31.5 Å². The Labute approximate surface area is 161 Å². The number of carbonyl (C=O) groups is 1. The van der Waals surface area contributed by atoms with E-state index in [2.05, 4.69) is 15.4 Å². The van der Waals surface area contributed by atoms with E-state index in [1.54, 1.807) is 21.1 Å². The van der Waals surface area contributed by atoms with E-state index < -0.39 is 5.25 Å². The molecule has 0 aliphatic heterocycles. The fourth-order valence-electron chi connectivity index (χ4n) is 2.71. The molecule has 1 N–H and O–H groups in total. The van der Waals surface area contributed by atoms with E-state index in [1.165, 1.54) is 22.6 Å². The number of nitrogens with one attached hydrogen (secondary N) is 1.